The van der Waals surface area contributed by atoms with E-state index >= 15 is 0 Å². The summed E-state index contributed by atoms with van der Waals surface area (Å²) in [6, 6.07) is 4.59. The Kier molecular flexibility index (Phi) is 4.37. The first-order valence-electron chi connectivity index (χ1n) is 6.62. The SMILES string of the molecule is OC1c2c(ccc(Oc3cc(F)cc(Cl)c3)c2C(F)(F)F)SC1(F)F. The van der Waals surface area contributed by atoms with Gasteiger partial charge in [-0.3, -0.25) is 0 Å². The van der Waals surface area contributed by atoms with Crippen LogP contribution in [0.4, 0.5) is 26.3 Å². The number of alkyl halides is 5. The molecule has 2 nitrogen and oxygen atoms in total. The Morgan fingerprint density at radius 2 is 1.84 bits per heavy atom. The van der Waals surface area contributed by atoms with Crippen LogP contribution in [0.3, 0.4) is 0 Å². The number of hydrogen-bond acceptors (Lipinski definition) is 3. The van der Waals surface area contributed by atoms with E-state index < -0.39 is 45.1 Å². The highest BCUT2D eigenvalue weighted by Crippen LogP contribution is 2.58. The molecule has 0 saturated carbocycles. The maximum Gasteiger partial charge on any atom is 0.420 e. The third-order valence-corrected chi connectivity index (χ3v) is 4.64. The van der Waals surface area contributed by atoms with Crippen LogP contribution in [0.2, 0.25) is 5.02 Å². The molecular weight excluding hydrogens is 394 g/mol. The maximum absolute atomic E-state index is 13.6. The molecular formula is C15H7ClF6O2S. The average Bonchev–Trinajstić information content (AvgIpc) is 2.67. The summed E-state index contributed by atoms with van der Waals surface area (Å²) in [6.07, 6.45) is -7.73. The van der Waals surface area contributed by atoms with E-state index in [1.165, 1.54) is 0 Å². The van der Waals surface area contributed by atoms with Gasteiger partial charge in [0.2, 0.25) is 0 Å². The molecule has 2 aromatic carbocycles. The smallest absolute Gasteiger partial charge is 0.420 e. The number of thioether (sulfide) groups is 1. The first-order valence-corrected chi connectivity index (χ1v) is 7.81. The van der Waals surface area contributed by atoms with Crippen LogP contribution in [-0.2, 0) is 6.18 Å². The van der Waals surface area contributed by atoms with Gasteiger partial charge in [0.25, 0.3) is 0 Å². The fourth-order valence-electron chi connectivity index (χ4n) is 2.40. The number of aliphatic hydroxyl groups is 1. The van der Waals surface area contributed by atoms with Crippen LogP contribution >= 0.6 is 23.4 Å². The zero-order valence-electron chi connectivity index (χ0n) is 11.9. The molecule has 10 heteroatoms. The molecule has 0 bridgehead atoms. The molecule has 1 aliphatic heterocycles. The number of benzene rings is 2. The van der Waals surface area contributed by atoms with Crippen molar-refractivity contribution in [1.82, 2.24) is 0 Å². The van der Waals surface area contributed by atoms with Crippen molar-refractivity contribution in [3.05, 3.63) is 52.3 Å². The molecule has 0 fully saturated rings. The summed E-state index contributed by atoms with van der Waals surface area (Å²) in [6.45, 7) is 0. The number of fused-ring (bicyclic) bond motifs is 1. The molecule has 1 aliphatic rings. The lowest BCUT2D eigenvalue weighted by molar-refractivity contribution is -0.141. The molecule has 0 saturated heterocycles. The zero-order valence-corrected chi connectivity index (χ0v) is 13.4. The Hall–Kier alpha value is -1.58. The molecule has 134 valence electrons. The second kappa shape index (κ2) is 6.00. The number of hydrogen-bond donors (Lipinski definition) is 1. The Morgan fingerprint density at radius 1 is 1.16 bits per heavy atom. The van der Waals surface area contributed by atoms with Crippen molar-refractivity contribution in [3.63, 3.8) is 0 Å². The summed E-state index contributed by atoms with van der Waals surface area (Å²) < 4.78 is 85.9. The molecule has 0 aromatic heterocycles. The van der Waals surface area contributed by atoms with Crippen LogP contribution in [0.1, 0.15) is 17.2 Å². The summed E-state index contributed by atoms with van der Waals surface area (Å²) in [5.74, 6) is -2.04. The molecule has 2 aromatic rings. The van der Waals surface area contributed by atoms with E-state index in [2.05, 4.69) is 0 Å². The standard InChI is InChI=1S/C15H7ClF6O2S/c16-6-3-7(17)5-8(4-6)24-9-1-2-10-11(12(9)14(18,19)20)13(23)15(21,22)25-10/h1-5,13,23H. The molecule has 1 unspecified atom stereocenters. The molecule has 0 aliphatic carbocycles. The van der Waals surface area contributed by atoms with Gasteiger partial charge in [-0.25, -0.2) is 4.39 Å². The molecule has 1 heterocycles. The van der Waals surface area contributed by atoms with Crippen LogP contribution in [0.25, 0.3) is 0 Å². The van der Waals surface area contributed by atoms with Crippen molar-refractivity contribution in [3.8, 4) is 11.5 Å². The third kappa shape index (κ3) is 3.40. The first-order chi connectivity index (χ1) is 11.5. The second-order valence-electron chi connectivity index (χ2n) is 5.12. The van der Waals surface area contributed by atoms with Crippen molar-refractivity contribution in [2.45, 2.75) is 22.4 Å². The molecule has 3 rings (SSSR count). The monoisotopic (exact) mass is 400 g/mol. The molecule has 0 radical (unpaired) electrons. The minimum Gasteiger partial charge on any atom is -0.457 e. The Balaban J connectivity index is 2.14. The summed E-state index contributed by atoms with van der Waals surface area (Å²) in [5.41, 5.74) is -2.51. The molecule has 0 amide bonds. The number of halogens is 7. The van der Waals surface area contributed by atoms with Crippen LogP contribution in [0.15, 0.2) is 35.2 Å². The lowest BCUT2D eigenvalue weighted by Gasteiger charge is -2.19. The minimum absolute atomic E-state index is 0.119. The quantitative estimate of drug-likeness (QED) is 0.625. The van der Waals surface area contributed by atoms with Gasteiger partial charge >= 0.3 is 11.4 Å². The van der Waals surface area contributed by atoms with E-state index in [-0.39, 0.29) is 22.5 Å². The lowest BCUT2D eigenvalue weighted by Crippen LogP contribution is -2.20. The van der Waals surface area contributed by atoms with Gasteiger partial charge in [-0.05, 0) is 36.0 Å². The molecule has 1 atom stereocenters. The fraction of sp³-hybridized carbons (Fsp3) is 0.200. The van der Waals surface area contributed by atoms with Crippen LogP contribution < -0.4 is 4.74 Å². The number of rotatable bonds is 2. The summed E-state index contributed by atoms with van der Waals surface area (Å²) in [4.78, 5) is -0.408. The van der Waals surface area contributed by atoms with Crippen molar-refractivity contribution >= 4 is 23.4 Å². The highest BCUT2D eigenvalue weighted by Gasteiger charge is 2.53. The van der Waals surface area contributed by atoms with Gasteiger partial charge in [-0.1, -0.05) is 11.6 Å². The highest BCUT2D eigenvalue weighted by molar-refractivity contribution is 8.00. The van der Waals surface area contributed by atoms with Crippen LogP contribution in [-0.4, -0.2) is 10.4 Å². The lowest BCUT2D eigenvalue weighted by atomic mass is 10.0. The third-order valence-electron chi connectivity index (χ3n) is 3.35. The highest BCUT2D eigenvalue weighted by atomic mass is 35.5. The summed E-state index contributed by atoms with van der Waals surface area (Å²) in [5, 5.41) is 5.70. The topological polar surface area (TPSA) is 29.5 Å². The van der Waals surface area contributed by atoms with Gasteiger partial charge in [-0.2, -0.15) is 22.0 Å². The zero-order chi connectivity index (χ0) is 18.6. The second-order valence-corrected chi connectivity index (χ2v) is 6.75. The number of aliphatic hydroxyl groups excluding tert-OH is 1. The van der Waals surface area contributed by atoms with Crippen molar-refractivity contribution < 1.29 is 36.2 Å². The molecule has 1 N–H and O–H groups in total. The van der Waals surface area contributed by atoms with Gasteiger partial charge in [0.05, 0.1) is 0 Å². The van der Waals surface area contributed by atoms with E-state index in [9.17, 15) is 31.4 Å². The normalized spacial score (nSPS) is 19.0. The van der Waals surface area contributed by atoms with E-state index in [4.69, 9.17) is 16.3 Å². The van der Waals surface area contributed by atoms with Crippen molar-refractivity contribution in [1.29, 1.82) is 0 Å². The van der Waals surface area contributed by atoms with E-state index in [1.54, 1.807) is 0 Å². The van der Waals surface area contributed by atoms with E-state index in [1.807, 2.05) is 0 Å². The van der Waals surface area contributed by atoms with E-state index in [0.717, 1.165) is 30.3 Å². The van der Waals surface area contributed by atoms with Crippen LogP contribution in [0, 0.1) is 5.82 Å². The van der Waals surface area contributed by atoms with Crippen molar-refractivity contribution in [2.75, 3.05) is 0 Å². The van der Waals surface area contributed by atoms with E-state index in [0.29, 0.717) is 0 Å². The molecule has 25 heavy (non-hydrogen) atoms. The van der Waals surface area contributed by atoms with Gasteiger partial charge in [0, 0.05) is 21.5 Å². The Labute approximate surface area is 146 Å². The Morgan fingerprint density at radius 3 is 2.44 bits per heavy atom. The number of ether oxygens (including phenoxy) is 1. The van der Waals surface area contributed by atoms with Gasteiger partial charge in [0.1, 0.15) is 22.9 Å². The maximum atomic E-state index is 13.6. The average molecular weight is 401 g/mol. The van der Waals surface area contributed by atoms with Crippen molar-refractivity contribution in [2.24, 2.45) is 0 Å². The first kappa shape index (κ1) is 18.2. The van der Waals surface area contributed by atoms with Gasteiger partial charge < -0.3 is 9.84 Å². The predicted molar refractivity (Wildman–Crippen MR) is 78.7 cm³/mol. The summed E-state index contributed by atoms with van der Waals surface area (Å²) in [7, 11) is 0. The Bertz CT molecular complexity index is 819. The largest absolute Gasteiger partial charge is 0.457 e. The minimum atomic E-state index is -5.08. The van der Waals surface area contributed by atoms with Gasteiger partial charge in [-0.15, -0.1) is 0 Å². The van der Waals surface area contributed by atoms with Crippen LogP contribution in [0.5, 0.6) is 11.5 Å². The molecule has 0 spiro atoms. The summed E-state index contributed by atoms with van der Waals surface area (Å²) >= 11 is 5.45. The van der Waals surface area contributed by atoms with Gasteiger partial charge in [0.15, 0.2) is 6.10 Å². The predicted octanol–water partition coefficient (Wildman–Crippen LogP) is 6.02. The fourth-order valence-corrected chi connectivity index (χ4v) is 3.60.